The molecule has 0 aromatic heterocycles. The first kappa shape index (κ1) is 37.6. The van der Waals surface area contributed by atoms with Gasteiger partial charge in [0.1, 0.15) is 24.4 Å². The lowest BCUT2D eigenvalue weighted by molar-refractivity contribution is -0.287. The van der Waals surface area contributed by atoms with E-state index in [1.807, 2.05) is 6.92 Å². The summed E-state index contributed by atoms with van der Waals surface area (Å²) in [4.78, 5) is 62.7. The van der Waals surface area contributed by atoms with E-state index in [1.54, 1.807) is 0 Å². The van der Waals surface area contributed by atoms with Crippen molar-refractivity contribution in [1.29, 1.82) is 0 Å². The zero-order chi connectivity index (χ0) is 31.4. The average Bonchev–Trinajstić information content (AvgIpc) is 2.86. The molecule has 8 atom stereocenters. The van der Waals surface area contributed by atoms with Crippen LogP contribution in [0, 0.1) is 0 Å². The highest BCUT2D eigenvalue weighted by Gasteiger charge is 2.55. The molecule has 240 valence electrons. The normalized spacial score (nSPS) is 27.3. The zero-order valence-electron chi connectivity index (χ0n) is 21.5. The highest BCUT2D eigenvalue weighted by Crippen LogP contribution is 2.54. The fourth-order valence-electron chi connectivity index (χ4n) is 2.97. The molecule has 0 aromatic carbocycles. The molecule has 0 bridgehead atoms. The first-order valence-corrected chi connectivity index (χ1v) is 15.8. The number of hydrogen-bond acceptors (Lipinski definition) is 15. The Balaban J connectivity index is 3.57. The molecule has 1 aliphatic rings. The quantitative estimate of drug-likeness (QED) is 0.0691. The van der Waals surface area contributed by atoms with Crippen LogP contribution in [0.15, 0.2) is 0 Å². The molecule has 0 radical (unpaired) electrons. The number of rotatable bonds is 21. The van der Waals surface area contributed by atoms with Crippen LogP contribution in [-0.4, -0.2) is 119 Å². The van der Waals surface area contributed by atoms with Gasteiger partial charge in [-0.15, -0.1) is 0 Å². The smallest absolute Gasteiger partial charge is 0.473 e. The Morgan fingerprint density at radius 3 is 1.54 bits per heavy atom. The van der Waals surface area contributed by atoms with Gasteiger partial charge >= 0.3 is 41.4 Å². The lowest BCUT2D eigenvalue weighted by atomic mass is 9.99. The van der Waals surface area contributed by atoms with Crippen molar-refractivity contribution < 1.29 is 99.4 Å². The number of carboxylic acids is 3. The van der Waals surface area contributed by atoms with Gasteiger partial charge in [0.05, 0.1) is 6.61 Å². The minimum atomic E-state index is -5.49. The summed E-state index contributed by atoms with van der Waals surface area (Å²) >= 11 is 0. The lowest BCUT2D eigenvalue weighted by Crippen LogP contribution is -2.61. The molecule has 24 heteroatoms. The first-order chi connectivity index (χ1) is 18.9. The maximum absolute atomic E-state index is 12.6. The Labute approximate surface area is 231 Å². The summed E-state index contributed by atoms with van der Waals surface area (Å²) in [5, 5.41) is 26.3. The number of ether oxygens (including phenoxy) is 3. The summed E-state index contributed by atoms with van der Waals surface area (Å²) in [6.45, 7) is -2.71. The fourth-order valence-corrected chi connectivity index (χ4v) is 5.61. The molecule has 1 rings (SSSR count). The van der Waals surface area contributed by atoms with Gasteiger partial charge < -0.3 is 44.2 Å². The summed E-state index contributed by atoms with van der Waals surface area (Å²) in [5.74, 6) is -5.13. The van der Waals surface area contributed by atoms with E-state index in [9.17, 15) is 42.8 Å². The van der Waals surface area contributed by atoms with E-state index in [-0.39, 0.29) is 6.61 Å². The first-order valence-electron chi connectivity index (χ1n) is 11.3. The predicted octanol–water partition coefficient (Wildman–Crippen LogP) is -0.0652. The molecule has 0 aliphatic carbocycles. The van der Waals surface area contributed by atoms with Gasteiger partial charge in [0, 0.05) is 13.7 Å². The van der Waals surface area contributed by atoms with Crippen LogP contribution in [0.25, 0.3) is 0 Å². The zero-order valence-corrected chi connectivity index (χ0v) is 24.2. The molecule has 1 aliphatic heterocycles. The van der Waals surface area contributed by atoms with E-state index in [2.05, 4.69) is 13.6 Å². The van der Waals surface area contributed by atoms with Crippen LogP contribution >= 0.6 is 23.5 Å². The Morgan fingerprint density at radius 2 is 1.15 bits per heavy atom. The van der Waals surface area contributed by atoms with Crippen LogP contribution in [-0.2, 0) is 69.4 Å². The molecule has 0 amide bonds. The Bertz CT molecular complexity index is 1020. The number of carbonyl (C=O) groups is 3. The third kappa shape index (κ3) is 14.6. The summed E-state index contributed by atoms with van der Waals surface area (Å²) in [6.07, 6.45) is -8.98. The molecule has 1 saturated heterocycles. The van der Waals surface area contributed by atoms with Gasteiger partial charge in [0.25, 0.3) is 0 Å². The van der Waals surface area contributed by atoms with Crippen molar-refractivity contribution in [1.82, 2.24) is 0 Å². The lowest BCUT2D eigenvalue weighted by Gasteiger charge is -2.45. The van der Waals surface area contributed by atoms with Gasteiger partial charge in [-0.3, -0.25) is 27.1 Å². The van der Waals surface area contributed by atoms with Crippen molar-refractivity contribution in [2.24, 2.45) is 0 Å². The standard InChI is InChI=1S/C17H31O21P3/c1-3-4-5-31-6-10-14(36-39(24,25)32-7-11(18)19)15(37-40(26,27)33-8-12(20)21)16(17(30-2)35-10)38-41(28,29)34-9-13(22)23/h10,14-17H,3-9H2,1-2H3,(H,18,19)(H,20,21)(H,22,23)(H,24,25)(H,26,27)(H,28,29)/t10-,14-,15+,16-,17+/m1/s1. The molecule has 1 fully saturated rings. The highest BCUT2D eigenvalue weighted by molar-refractivity contribution is 7.48. The van der Waals surface area contributed by atoms with Crippen molar-refractivity contribution in [2.45, 2.75) is 50.5 Å². The maximum atomic E-state index is 12.6. The molecular weight excluding hydrogens is 633 g/mol. The number of hydrogen-bond donors (Lipinski definition) is 6. The molecular formula is C17H31O21P3. The van der Waals surface area contributed by atoms with Crippen molar-refractivity contribution in [2.75, 3.05) is 40.1 Å². The van der Waals surface area contributed by atoms with E-state index < -0.39 is 98.5 Å². The molecule has 21 nitrogen and oxygen atoms in total. The summed E-state index contributed by atoms with van der Waals surface area (Å²) in [6, 6.07) is 0. The number of aliphatic carboxylic acids is 3. The largest absolute Gasteiger partial charge is 0.480 e. The average molecular weight is 664 g/mol. The van der Waals surface area contributed by atoms with Gasteiger partial charge in [-0.05, 0) is 6.42 Å². The minimum Gasteiger partial charge on any atom is -0.480 e. The van der Waals surface area contributed by atoms with E-state index >= 15 is 0 Å². The summed E-state index contributed by atoms with van der Waals surface area (Å²) in [7, 11) is -15.3. The second-order valence-corrected chi connectivity index (χ2v) is 12.0. The molecule has 6 N–H and O–H groups in total. The Hall–Kier alpha value is -1.38. The number of methoxy groups -OCH3 is 1. The van der Waals surface area contributed by atoms with Crippen LogP contribution in [0.3, 0.4) is 0 Å². The third-order valence-electron chi connectivity index (χ3n) is 4.57. The van der Waals surface area contributed by atoms with Crippen LogP contribution in [0.2, 0.25) is 0 Å². The predicted molar refractivity (Wildman–Crippen MR) is 126 cm³/mol. The maximum Gasteiger partial charge on any atom is 0.473 e. The van der Waals surface area contributed by atoms with Crippen molar-refractivity contribution in [3.05, 3.63) is 0 Å². The Kier molecular flexibility index (Phi) is 15.7. The summed E-state index contributed by atoms with van der Waals surface area (Å²) in [5.41, 5.74) is 0. The van der Waals surface area contributed by atoms with E-state index in [4.69, 9.17) is 43.1 Å². The van der Waals surface area contributed by atoms with Crippen LogP contribution in [0.5, 0.6) is 0 Å². The summed E-state index contributed by atoms with van der Waals surface area (Å²) < 4.78 is 81.3. The molecule has 1 heterocycles. The number of phosphoric ester groups is 3. The molecule has 3 unspecified atom stereocenters. The molecule has 41 heavy (non-hydrogen) atoms. The second-order valence-electron chi connectivity index (χ2n) is 7.82. The third-order valence-corrected chi connectivity index (χ3v) is 7.46. The fraction of sp³-hybridized carbons (Fsp3) is 0.824. The Morgan fingerprint density at radius 1 is 0.732 bits per heavy atom. The number of unbranched alkanes of at least 4 members (excludes halogenated alkanes) is 1. The number of carboxylic acid groups (broad SMARTS) is 3. The van der Waals surface area contributed by atoms with Crippen molar-refractivity contribution in [3.8, 4) is 0 Å². The van der Waals surface area contributed by atoms with Gasteiger partial charge in [-0.2, -0.15) is 0 Å². The van der Waals surface area contributed by atoms with Crippen LogP contribution in [0.1, 0.15) is 19.8 Å². The topological polar surface area (TPSA) is 307 Å². The van der Waals surface area contributed by atoms with Gasteiger partial charge in [0.15, 0.2) is 26.1 Å². The van der Waals surface area contributed by atoms with Gasteiger partial charge in [-0.25, -0.2) is 28.1 Å². The van der Waals surface area contributed by atoms with Gasteiger partial charge in [-0.1, -0.05) is 13.3 Å². The highest BCUT2D eigenvalue weighted by atomic mass is 31.2. The van der Waals surface area contributed by atoms with Crippen LogP contribution in [0.4, 0.5) is 0 Å². The second kappa shape index (κ2) is 17.0. The molecule has 0 aromatic rings. The van der Waals surface area contributed by atoms with E-state index in [0.717, 1.165) is 7.11 Å². The van der Waals surface area contributed by atoms with Crippen molar-refractivity contribution >= 4 is 41.4 Å². The van der Waals surface area contributed by atoms with E-state index in [1.165, 1.54) is 0 Å². The number of phosphoric acid groups is 3. The SMILES string of the molecule is CCCCOC[C@H]1O[C@H](OC)[C@H](OP(=O)(O)OCC(=O)O)[C@@H](OP(=O)(O)OCC(=O)O)[C@@H]1OP(=O)(O)OCC(=O)O. The molecule has 0 spiro atoms. The minimum absolute atomic E-state index is 0.105. The van der Waals surface area contributed by atoms with Crippen molar-refractivity contribution in [3.63, 3.8) is 0 Å². The van der Waals surface area contributed by atoms with Crippen LogP contribution < -0.4 is 0 Å². The molecule has 0 saturated carbocycles. The monoisotopic (exact) mass is 664 g/mol. The van der Waals surface area contributed by atoms with Gasteiger partial charge in [0.2, 0.25) is 0 Å². The van der Waals surface area contributed by atoms with E-state index in [0.29, 0.717) is 12.8 Å².